The van der Waals surface area contributed by atoms with Crippen molar-refractivity contribution in [1.82, 2.24) is 4.98 Å². The first-order valence-corrected chi connectivity index (χ1v) is 9.87. The minimum atomic E-state index is -3.68. The number of aromatic nitrogens is 1. The SMILES string of the molecule is COC(=O)c1ccc(Nc2ccc(NS(=O)(=O)c3cccc(C)c3)cn2)cc1. The van der Waals surface area contributed by atoms with E-state index >= 15 is 0 Å². The van der Waals surface area contributed by atoms with E-state index in [1.54, 1.807) is 48.5 Å². The molecular weight excluding hydrogens is 378 g/mol. The number of hydrogen-bond acceptors (Lipinski definition) is 6. The molecule has 0 aliphatic rings. The van der Waals surface area contributed by atoms with E-state index in [9.17, 15) is 13.2 Å². The lowest BCUT2D eigenvalue weighted by atomic mass is 10.2. The maximum atomic E-state index is 12.4. The number of nitrogens with one attached hydrogen (secondary N) is 2. The third kappa shape index (κ3) is 4.66. The van der Waals surface area contributed by atoms with Crippen molar-refractivity contribution in [2.45, 2.75) is 11.8 Å². The van der Waals surface area contributed by atoms with Gasteiger partial charge in [-0.25, -0.2) is 18.2 Å². The second-order valence-electron chi connectivity index (χ2n) is 6.05. The van der Waals surface area contributed by atoms with Gasteiger partial charge in [-0.2, -0.15) is 0 Å². The Kier molecular flexibility index (Phi) is 5.60. The van der Waals surface area contributed by atoms with Crippen LogP contribution in [0.4, 0.5) is 17.2 Å². The number of nitrogens with zero attached hydrogens (tertiary/aromatic N) is 1. The van der Waals surface area contributed by atoms with Crippen molar-refractivity contribution in [2.75, 3.05) is 17.1 Å². The molecule has 8 heteroatoms. The molecule has 0 fully saturated rings. The Morgan fingerprint density at radius 1 is 1.00 bits per heavy atom. The number of esters is 1. The van der Waals surface area contributed by atoms with Crippen molar-refractivity contribution in [2.24, 2.45) is 0 Å². The molecular formula is C20H19N3O4S. The fourth-order valence-corrected chi connectivity index (χ4v) is 3.63. The van der Waals surface area contributed by atoms with Gasteiger partial charge in [-0.1, -0.05) is 12.1 Å². The molecule has 0 aliphatic heterocycles. The van der Waals surface area contributed by atoms with Gasteiger partial charge < -0.3 is 10.1 Å². The van der Waals surface area contributed by atoms with Crippen LogP contribution in [-0.2, 0) is 14.8 Å². The summed E-state index contributed by atoms with van der Waals surface area (Å²) in [5.41, 5.74) is 2.39. The van der Waals surface area contributed by atoms with E-state index < -0.39 is 16.0 Å². The first-order chi connectivity index (χ1) is 13.4. The minimum absolute atomic E-state index is 0.195. The van der Waals surface area contributed by atoms with E-state index in [2.05, 4.69) is 19.8 Å². The maximum absolute atomic E-state index is 12.4. The quantitative estimate of drug-likeness (QED) is 0.615. The van der Waals surface area contributed by atoms with Gasteiger partial charge in [0.15, 0.2) is 0 Å². The number of pyridine rings is 1. The summed E-state index contributed by atoms with van der Waals surface area (Å²) in [7, 11) is -2.35. The third-order valence-corrected chi connectivity index (χ3v) is 5.27. The highest BCUT2D eigenvalue weighted by molar-refractivity contribution is 7.92. The predicted octanol–water partition coefficient (Wildman–Crippen LogP) is 3.72. The monoisotopic (exact) mass is 397 g/mol. The molecule has 28 heavy (non-hydrogen) atoms. The molecule has 2 aromatic carbocycles. The molecule has 0 aliphatic carbocycles. The Hall–Kier alpha value is -3.39. The van der Waals surface area contributed by atoms with Gasteiger partial charge in [0.25, 0.3) is 10.0 Å². The van der Waals surface area contributed by atoms with Crippen LogP contribution in [0.3, 0.4) is 0 Å². The number of anilines is 3. The summed E-state index contributed by atoms with van der Waals surface area (Å²) < 4.78 is 32.1. The lowest BCUT2D eigenvalue weighted by molar-refractivity contribution is 0.0600. The summed E-state index contributed by atoms with van der Waals surface area (Å²) in [6.45, 7) is 1.83. The number of hydrogen-bond donors (Lipinski definition) is 2. The van der Waals surface area contributed by atoms with Crippen molar-refractivity contribution in [3.05, 3.63) is 78.0 Å². The highest BCUT2D eigenvalue weighted by atomic mass is 32.2. The van der Waals surface area contributed by atoms with Crippen LogP contribution in [-0.4, -0.2) is 26.5 Å². The van der Waals surface area contributed by atoms with Crippen molar-refractivity contribution in [1.29, 1.82) is 0 Å². The zero-order chi connectivity index (χ0) is 20.1. The minimum Gasteiger partial charge on any atom is -0.465 e. The number of methoxy groups -OCH3 is 1. The second-order valence-corrected chi connectivity index (χ2v) is 7.73. The Morgan fingerprint density at radius 3 is 2.32 bits per heavy atom. The lowest BCUT2D eigenvalue weighted by Crippen LogP contribution is -2.13. The van der Waals surface area contributed by atoms with Gasteiger partial charge in [-0.3, -0.25) is 4.72 Å². The molecule has 2 N–H and O–H groups in total. The third-order valence-electron chi connectivity index (χ3n) is 3.89. The molecule has 3 aromatic rings. The first-order valence-electron chi connectivity index (χ1n) is 8.38. The van der Waals surface area contributed by atoms with Crippen LogP contribution in [0.25, 0.3) is 0 Å². The van der Waals surface area contributed by atoms with Gasteiger partial charge in [0.1, 0.15) is 5.82 Å². The van der Waals surface area contributed by atoms with Gasteiger partial charge in [0, 0.05) is 5.69 Å². The summed E-state index contributed by atoms with van der Waals surface area (Å²) >= 11 is 0. The predicted molar refractivity (Wildman–Crippen MR) is 107 cm³/mol. The van der Waals surface area contributed by atoms with Crippen LogP contribution in [0.2, 0.25) is 0 Å². The van der Waals surface area contributed by atoms with Crippen LogP contribution >= 0.6 is 0 Å². The number of carbonyl (C=O) groups excluding carboxylic acids is 1. The van der Waals surface area contributed by atoms with E-state index in [0.717, 1.165) is 11.3 Å². The normalized spacial score (nSPS) is 10.9. The van der Waals surface area contributed by atoms with Crippen molar-refractivity contribution < 1.29 is 17.9 Å². The largest absolute Gasteiger partial charge is 0.465 e. The van der Waals surface area contributed by atoms with Crippen molar-refractivity contribution >= 4 is 33.2 Å². The molecule has 0 radical (unpaired) electrons. The average molecular weight is 397 g/mol. The molecule has 144 valence electrons. The maximum Gasteiger partial charge on any atom is 0.337 e. The molecule has 1 heterocycles. The number of sulfonamides is 1. The Balaban J connectivity index is 1.69. The van der Waals surface area contributed by atoms with Gasteiger partial charge >= 0.3 is 5.97 Å². The number of benzene rings is 2. The van der Waals surface area contributed by atoms with E-state index in [-0.39, 0.29) is 4.90 Å². The molecule has 0 saturated carbocycles. The zero-order valence-corrected chi connectivity index (χ0v) is 16.2. The second kappa shape index (κ2) is 8.10. The number of rotatable bonds is 6. The van der Waals surface area contributed by atoms with E-state index in [1.165, 1.54) is 19.4 Å². The van der Waals surface area contributed by atoms with Crippen molar-refractivity contribution in [3.8, 4) is 0 Å². The molecule has 7 nitrogen and oxygen atoms in total. The highest BCUT2D eigenvalue weighted by Crippen LogP contribution is 2.20. The smallest absolute Gasteiger partial charge is 0.337 e. The summed E-state index contributed by atoms with van der Waals surface area (Å²) in [5, 5.41) is 3.08. The molecule has 0 atom stereocenters. The Morgan fingerprint density at radius 2 is 1.71 bits per heavy atom. The molecule has 3 rings (SSSR count). The fraction of sp³-hybridized carbons (Fsp3) is 0.100. The number of ether oxygens (including phenoxy) is 1. The molecule has 0 spiro atoms. The fourth-order valence-electron chi connectivity index (χ4n) is 2.48. The highest BCUT2D eigenvalue weighted by Gasteiger charge is 2.14. The molecule has 0 bridgehead atoms. The van der Waals surface area contributed by atoms with E-state index in [1.807, 2.05) is 13.0 Å². The average Bonchev–Trinajstić information content (AvgIpc) is 2.69. The van der Waals surface area contributed by atoms with Crippen LogP contribution in [0.5, 0.6) is 0 Å². The zero-order valence-electron chi connectivity index (χ0n) is 15.3. The van der Waals surface area contributed by atoms with E-state index in [4.69, 9.17) is 0 Å². The molecule has 1 aromatic heterocycles. The topological polar surface area (TPSA) is 97.4 Å². The summed E-state index contributed by atoms with van der Waals surface area (Å²) in [5.74, 6) is 0.124. The summed E-state index contributed by atoms with van der Waals surface area (Å²) in [6.07, 6.45) is 1.43. The molecule has 0 unspecified atom stereocenters. The van der Waals surface area contributed by atoms with Gasteiger partial charge in [0.05, 0.1) is 29.5 Å². The van der Waals surface area contributed by atoms with Crippen LogP contribution < -0.4 is 10.0 Å². The van der Waals surface area contributed by atoms with Gasteiger partial charge in [-0.05, 0) is 61.0 Å². The lowest BCUT2D eigenvalue weighted by Gasteiger charge is -2.10. The molecule has 0 saturated heterocycles. The Labute approximate surface area is 163 Å². The van der Waals surface area contributed by atoms with Crippen LogP contribution in [0.15, 0.2) is 71.8 Å². The van der Waals surface area contributed by atoms with Gasteiger partial charge in [0.2, 0.25) is 0 Å². The van der Waals surface area contributed by atoms with Gasteiger partial charge in [-0.15, -0.1) is 0 Å². The molecule has 0 amide bonds. The van der Waals surface area contributed by atoms with E-state index in [0.29, 0.717) is 17.1 Å². The van der Waals surface area contributed by atoms with Crippen molar-refractivity contribution in [3.63, 3.8) is 0 Å². The summed E-state index contributed by atoms with van der Waals surface area (Å²) in [6, 6.07) is 16.7. The standard InChI is InChI=1S/C20H19N3O4S/c1-14-4-3-5-18(12-14)28(25,26)23-17-10-11-19(21-13-17)22-16-8-6-15(7-9-16)20(24)27-2/h3-13,23H,1-2H3,(H,21,22). The number of carbonyl (C=O) groups is 1. The van der Waals surface area contributed by atoms with Crippen LogP contribution in [0.1, 0.15) is 15.9 Å². The Bertz CT molecular complexity index is 1080. The van der Waals surface area contributed by atoms with Crippen LogP contribution in [0, 0.1) is 6.92 Å². The number of aryl methyl sites for hydroxylation is 1. The summed E-state index contributed by atoms with van der Waals surface area (Å²) in [4.78, 5) is 15.9. The first kappa shape index (κ1) is 19.4.